The van der Waals surface area contributed by atoms with E-state index in [-0.39, 0.29) is 23.1 Å². The van der Waals surface area contributed by atoms with Gasteiger partial charge in [0.05, 0.1) is 11.2 Å². The quantitative estimate of drug-likeness (QED) is 0.651. The van der Waals surface area contributed by atoms with Crippen LogP contribution in [0.2, 0.25) is 0 Å². The molecule has 32 heavy (non-hydrogen) atoms. The van der Waals surface area contributed by atoms with Crippen molar-refractivity contribution in [1.82, 2.24) is 9.47 Å². The van der Waals surface area contributed by atoms with E-state index < -0.39 is 29.6 Å². The number of likely N-dealkylation sites (tertiary alicyclic amines) is 1. The highest BCUT2D eigenvalue weighted by Gasteiger charge is 2.53. The summed E-state index contributed by atoms with van der Waals surface area (Å²) in [6.07, 6.45) is 3.30. The number of hydrogen-bond donors (Lipinski definition) is 0. The minimum Gasteiger partial charge on any atom is -0.444 e. The maximum atomic E-state index is 14.9. The van der Waals surface area contributed by atoms with Crippen LogP contribution in [0.25, 0.3) is 6.08 Å². The molecular formula is C23H34BFN2O5. The molecule has 0 aromatic carbocycles. The van der Waals surface area contributed by atoms with Gasteiger partial charge in [-0.15, -0.1) is 0 Å². The van der Waals surface area contributed by atoms with Gasteiger partial charge in [0, 0.05) is 31.4 Å². The lowest BCUT2D eigenvalue weighted by molar-refractivity contribution is 0.00578. The predicted octanol–water partition coefficient (Wildman–Crippen LogP) is 4.05. The van der Waals surface area contributed by atoms with Gasteiger partial charge in [0.25, 0.3) is 5.56 Å². The summed E-state index contributed by atoms with van der Waals surface area (Å²) < 4.78 is 33.3. The Balaban J connectivity index is 1.68. The third kappa shape index (κ3) is 5.43. The molecular weight excluding hydrogens is 414 g/mol. The Kier molecular flexibility index (Phi) is 6.64. The van der Waals surface area contributed by atoms with E-state index in [1.54, 1.807) is 27.8 Å². The summed E-state index contributed by atoms with van der Waals surface area (Å²) in [4.78, 5) is 26.9. The summed E-state index contributed by atoms with van der Waals surface area (Å²) >= 11 is 0. The Morgan fingerprint density at radius 3 is 2.50 bits per heavy atom. The molecule has 7 nitrogen and oxygen atoms in total. The van der Waals surface area contributed by atoms with Gasteiger partial charge in [0.2, 0.25) is 0 Å². The number of pyridine rings is 1. The fourth-order valence-electron chi connectivity index (χ4n) is 3.73. The smallest absolute Gasteiger partial charge is 0.444 e. The molecule has 0 bridgehead atoms. The Morgan fingerprint density at radius 2 is 1.91 bits per heavy atom. The van der Waals surface area contributed by atoms with Gasteiger partial charge in [-0.2, -0.15) is 0 Å². The lowest BCUT2D eigenvalue weighted by Crippen LogP contribution is -2.41. The Hall–Kier alpha value is -2.13. The van der Waals surface area contributed by atoms with Gasteiger partial charge in [-0.25, -0.2) is 9.18 Å². The summed E-state index contributed by atoms with van der Waals surface area (Å²) in [6.45, 7) is 14.4. The Bertz CT molecular complexity index is 934. The van der Waals surface area contributed by atoms with Crippen LogP contribution in [0.4, 0.5) is 9.18 Å². The van der Waals surface area contributed by atoms with Crippen LogP contribution in [-0.4, -0.2) is 52.6 Å². The van der Waals surface area contributed by atoms with Crippen LogP contribution in [-0.2, 0) is 20.6 Å². The molecule has 2 aliphatic rings. The number of amides is 1. The maximum absolute atomic E-state index is 14.9. The Labute approximate surface area is 189 Å². The largest absolute Gasteiger partial charge is 0.525 e. The third-order valence-electron chi connectivity index (χ3n) is 6.21. The van der Waals surface area contributed by atoms with E-state index in [1.165, 1.54) is 6.08 Å². The van der Waals surface area contributed by atoms with Gasteiger partial charge >= 0.3 is 13.2 Å². The molecule has 1 aromatic rings. The highest BCUT2D eigenvalue weighted by molar-refractivity contribution is 6.54. The number of carbonyl (C=O) groups excluding carboxylic acids is 1. The summed E-state index contributed by atoms with van der Waals surface area (Å²) in [5, 5.41) is 0. The zero-order chi connectivity index (χ0) is 23.9. The number of nitrogens with zero attached hydrogens (tertiary/aromatic N) is 2. The first-order valence-electron chi connectivity index (χ1n) is 11.1. The zero-order valence-electron chi connectivity index (χ0n) is 20.1. The van der Waals surface area contributed by atoms with Crippen LogP contribution < -0.4 is 5.56 Å². The highest BCUT2D eigenvalue weighted by Crippen LogP contribution is 2.39. The molecule has 176 valence electrons. The van der Waals surface area contributed by atoms with E-state index in [1.807, 2.05) is 48.5 Å². The molecule has 3 heterocycles. The fourth-order valence-corrected chi connectivity index (χ4v) is 3.73. The van der Waals surface area contributed by atoms with Crippen molar-refractivity contribution in [1.29, 1.82) is 0 Å². The number of ether oxygens (including phenoxy) is 1. The average Bonchev–Trinajstić information content (AvgIpc) is 3.19. The zero-order valence-corrected chi connectivity index (χ0v) is 20.1. The minimum atomic E-state index is -1.15. The molecule has 1 aromatic heterocycles. The van der Waals surface area contributed by atoms with Gasteiger partial charge in [-0.05, 0) is 79.0 Å². The number of carbonyl (C=O) groups is 1. The van der Waals surface area contributed by atoms with Gasteiger partial charge in [0.1, 0.15) is 11.3 Å². The highest BCUT2D eigenvalue weighted by atomic mass is 19.1. The minimum absolute atomic E-state index is 0.118. The van der Waals surface area contributed by atoms with Crippen molar-refractivity contribution in [3.05, 3.63) is 40.0 Å². The first-order valence-corrected chi connectivity index (χ1v) is 11.1. The number of aromatic nitrogens is 1. The second-order valence-electron chi connectivity index (χ2n) is 10.6. The van der Waals surface area contributed by atoms with E-state index in [4.69, 9.17) is 14.0 Å². The van der Waals surface area contributed by atoms with Crippen LogP contribution in [0.15, 0.2) is 28.9 Å². The van der Waals surface area contributed by atoms with E-state index in [0.29, 0.717) is 19.6 Å². The third-order valence-corrected chi connectivity index (χ3v) is 6.21. The lowest BCUT2D eigenvalue weighted by Gasteiger charge is -2.32. The van der Waals surface area contributed by atoms with E-state index in [0.717, 1.165) is 6.42 Å². The molecule has 1 atom stereocenters. The molecule has 1 unspecified atom stereocenters. The van der Waals surface area contributed by atoms with Crippen molar-refractivity contribution in [3.63, 3.8) is 0 Å². The van der Waals surface area contributed by atoms with Crippen LogP contribution in [0.3, 0.4) is 0 Å². The van der Waals surface area contributed by atoms with Crippen LogP contribution in [0.5, 0.6) is 0 Å². The van der Waals surface area contributed by atoms with E-state index >= 15 is 0 Å². The summed E-state index contributed by atoms with van der Waals surface area (Å²) in [5.74, 6) is 0.118. The molecule has 0 spiro atoms. The normalized spacial score (nSPS) is 23.0. The van der Waals surface area contributed by atoms with Crippen molar-refractivity contribution < 1.29 is 23.2 Å². The van der Waals surface area contributed by atoms with Crippen molar-refractivity contribution in [2.75, 3.05) is 13.1 Å². The van der Waals surface area contributed by atoms with E-state index in [9.17, 15) is 14.0 Å². The number of halogens is 1. The molecule has 0 saturated carbocycles. The number of rotatable bonds is 4. The molecule has 3 rings (SSSR count). The van der Waals surface area contributed by atoms with Crippen molar-refractivity contribution in [3.8, 4) is 0 Å². The fraction of sp³-hybridized carbons (Fsp3) is 0.652. The second kappa shape index (κ2) is 8.67. The predicted molar refractivity (Wildman–Crippen MR) is 122 cm³/mol. The average molecular weight is 448 g/mol. The monoisotopic (exact) mass is 448 g/mol. The summed E-state index contributed by atoms with van der Waals surface area (Å²) in [6, 6.07) is 3.29. The SMILES string of the molecule is CC(C)(C)OC(=O)N1CCC(Cn2cccc(C=C(F)B3OC(C)(C)C(C)(C)O3)c2=O)C1. The lowest BCUT2D eigenvalue weighted by atomic mass is 9.87. The van der Waals surface area contributed by atoms with Crippen LogP contribution in [0.1, 0.15) is 60.5 Å². The standard InChI is InChI=1S/C23H34BFN2O5/c1-21(2,3)30-20(29)27-12-10-16(15-27)14-26-11-8-9-17(19(26)28)13-18(25)24-31-22(4,5)23(6,7)32-24/h8-9,11,13,16H,10,12,14-15H2,1-7H3. The second-order valence-corrected chi connectivity index (χ2v) is 10.6. The maximum Gasteiger partial charge on any atom is 0.525 e. The first kappa shape index (κ1) is 24.5. The molecule has 0 aliphatic carbocycles. The molecule has 2 saturated heterocycles. The molecule has 2 aliphatic heterocycles. The van der Waals surface area contributed by atoms with Gasteiger partial charge in [-0.3, -0.25) is 4.79 Å². The summed E-state index contributed by atoms with van der Waals surface area (Å²) in [5.41, 5.74) is -2.59. The molecule has 1 amide bonds. The molecule has 9 heteroatoms. The van der Waals surface area contributed by atoms with Gasteiger partial charge in [-0.1, -0.05) is 0 Å². The molecule has 0 N–H and O–H groups in total. The van der Waals surface area contributed by atoms with Crippen molar-refractivity contribution in [2.24, 2.45) is 5.92 Å². The topological polar surface area (TPSA) is 70.0 Å². The number of hydrogen-bond acceptors (Lipinski definition) is 5. The van der Waals surface area contributed by atoms with Crippen molar-refractivity contribution >= 4 is 19.3 Å². The van der Waals surface area contributed by atoms with Gasteiger partial charge < -0.3 is 23.5 Å². The van der Waals surface area contributed by atoms with Crippen LogP contribution >= 0.6 is 0 Å². The molecule has 2 fully saturated rings. The van der Waals surface area contributed by atoms with Crippen LogP contribution in [0, 0.1) is 5.92 Å². The molecule has 0 radical (unpaired) electrons. The van der Waals surface area contributed by atoms with E-state index in [2.05, 4.69) is 0 Å². The Morgan fingerprint density at radius 1 is 1.28 bits per heavy atom. The summed E-state index contributed by atoms with van der Waals surface area (Å²) in [7, 11) is -1.15. The first-order chi connectivity index (χ1) is 14.7. The van der Waals surface area contributed by atoms with Crippen molar-refractivity contribution in [2.45, 2.75) is 78.2 Å². The van der Waals surface area contributed by atoms with Gasteiger partial charge in [0.15, 0.2) is 0 Å².